The number of amides is 1. The number of ether oxygens (including phenoxy) is 2. The van der Waals surface area contributed by atoms with Gasteiger partial charge in [-0.1, -0.05) is 17.7 Å². The Bertz CT molecular complexity index is 959. The van der Waals surface area contributed by atoms with Crippen LogP contribution >= 0.6 is 11.6 Å². The molecule has 0 radical (unpaired) electrons. The third-order valence-corrected chi connectivity index (χ3v) is 5.68. The van der Waals surface area contributed by atoms with E-state index in [4.69, 9.17) is 21.1 Å². The van der Waals surface area contributed by atoms with Gasteiger partial charge in [0.05, 0.1) is 18.0 Å². The molecular formula is C21H22ClFN2O5. The van der Waals surface area contributed by atoms with E-state index in [2.05, 4.69) is 5.32 Å². The molecule has 4 rings (SSSR count). The van der Waals surface area contributed by atoms with E-state index in [0.29, 0.717) is 34.3 Å². The van der Waals surface area contributed by atoms with E-state index in [0.717, 1.165) is 0 Å². The van der Waals surface area contributed by atoms with Crippen molar-refractivity contribution in [3.05, 3.63) is 52.8 Å². The van der Waals surface area contributed by atoms with Crippen LogP contribution in [0.4, 0.5) is 15.8 Å². The largest absolute Gasteiger partial charge is 0.490 e. The van der Waals surface area contributed by atoms with E-state index in [1.165, 1.54) is 6.07 Å². The lowest BCUT2D eigenvalue weighted by Gasteiger charge is -2.42. The van der Waals surface area contributed by atoms with Crippen LogP contribution < -0.4 is 15.0 Å². The second-order valence-corrected chi connectivity index (χ2v) is 7.96. The molecule has 7 nitrogen and oxygen atoms in total. The van der Waals surface area contributed by atoms with Crippen LogP contribution in [0.25, 0.3) is 0 Å². The van der Waals surface area contributed by atoms with Crippen LogP contribution in [0, 0.1) is 5.82 Å². The van der Waals surface area contributed by atoms with Gasteiger partial charge in [-0.25, -0.2) is 4.39 Å². The first-order valence-electron chi connectivity index (χ1n) is 9.58. The highest BCUT2D eigenvalue weighted by Gasteiger charge is 2.42. The number of hydrogen-bond acceptors (Lipinski definition) is 6. The molecule has 0 saturated carbocycles. The molecule has 30 heavy (non-hydrogen) atoms. The summed E-state index contributed by atoms with van der Waals surface area (Å²) >= 11 is 5.80. The van der Waals surface area contributed by atoms with Gasteiger partial charge in [0.15, 0.2) is 0 Å². The van der Waals surface area contributed by atoms with Crippen molar-refractivity contribution in [2.75, 3.05) is 36.5 Å². The first-order chi connectivity index (χ1) is 14.4. The average molecular weight is 437 g/mol. The summed E-state index contributed by atoms with van der Waals surface area (Å²) in [4.78, 5) is 13.3. The van der Waals surface area contributed by atoms with E-state index in [9.17, 15) is 19.4 Å². The number of halogens is 2. The van der Waals surface area contributed by atoms with Crippen molar-refractivity contribution < 1.29 is 28.9 Å². The van der Waals surface area contributed by atoms with Crippen molar-refractivity contribution in [1.82, 2.24) is 0 Å². The third-order valence-electron chi connectivity index (χ3n) is 5.44. The summed E-state index contributed by atoms with van der Waals surface area (Å²) in [5, 5.41) is 24.6. The molecular weight excluding hydrogens is 415 g/mol. The lowest BCUT2D eigenvalue weighted by atomic mass is 9.89. The predicted molar refractivity (Wildman–Crippen MR) is 109 cm³/mol. The molecule has 1 amide bonds. The number of benzene rings is 2. The lowest BCUT2D eigenvalue weighted by Crippen LogP contribution is -2.58. The van der Waals surface area contributed by atoms with Crippen molar-refractivity contribution in [3.8, 4) is 5.75 Å². The fourth-order valence-electron chi connectivity index (χ4n) is 3.69. The van der Waals surface area contributed by atoms with Gasteiger partial charge in [0.1, 0.15) is 36.5 Å². The Morgan fingerprint density at radius 3 is 2.93 bits per heavy atom. The van der Waals surface area contributed by atoms with Crippen LogP contribution in [0.15, 0.2) is 36.4 Å². The predicted octanol–water partition coefficient (Wildman–Crippen LogP) is 2.33. The highest BCUT2D eigenvalue weighted by Crippen LogP contribution is 2.33. The first kappa shape index (κ1) is 20.9. The molecule has 2 aliphatic heterocycles. The van der Waals surface area contributed by atoms with Crippen molar-refractivity contribution >= 4 is 28.9 Å². The minimum Gasteiger partial charge on any atom is -0.490 e. The Balaban J connectivity index is 1.45. The second-order valence-electron chi connectivity index (χ2n) is 7.52. The van der Waals surface area contributed by atoms with Crippen LogP contribution in [-0.2, 0) is 16.1 Å². The third kappa shape index (κ3) is 4.22. The van der Waals surface area contributed by atoms with Crippen molar-refractivity contribution in [1.29, 1.82) is 0 Å². The van der Waals surface area contributed by atoms with Crippen molar-refractivity contribution in [3.63, 3.8) is 0 Å². The standard InChI is InChI=1S/C21H22ClFN2O5/c22-13-4-5-17(15(23)8-13)25-7-6-21(28,19(26)9-25)12-30-18-3-1-2-16-14(18)10-29-11-20(27)24-16/h1-5,8,19,26,28H,6-7,9-12H2,(H,24,27)/t19-,21-/m1/s1. The average Bonchev–Trinajstić information content (AvgIpc) is 2.90. The Kier molecular flexibility index (Phi) is 5.84. The topological polar surface area (TPSA) is 91.3 Å². The van der Waals surface area contributed by atoms with E-state index >= 15 is 0 Å². The molecule has 0 aliphatic carbocycles. The molecule has 2 aliphatic rings. The molecule has 0 spiro atoms. The van der Waals surface area contributed by atoms with Gasteiger partial charge in [0.25, 0.3) is 0 Å². The van der Waals surface area contributed by atoms with Gasteiger partial charge in [-0.2, -0.15) is 0 Å². The number of fused-ring (bicyclic) bond motifs is 1. The van der Waals surface area contributed by atoms with E-state index in [1.807, 2.05) is 0 Å². The number of aliphatic hydroxyl groups is 2. The minimum atomic E-state index is -1.50. The number of aliphatic hydroxyl groups excluding tert-OH is 1. The lowest BCUT2D eigenvalue weighted by molar-refractivity contribution is -0.120. The van der Waals surface area contributed by atoms with Crippen LogP contribution in [0.3, 0.4) is 0 Å². The number of nitrogens with zero attached hydrogens (tertiary/aromatic N) is 1. The summed E-state index contributed by atoms with van der Waals surface area (Å²) in [6.45, 7) is 0.365. The summed E-state index contributed by atoms with van der Waals surface area (Å²) in [6, 6.07) is 9.55. The molecule has 2 aromatic carbocycles. The highest BCUT2D eigenvalue weighted by molar-refractivity contribution is 6.30. The molecule has 2 atom stereocenters. The monoisotopic (exact) mass is 436 g/mol. The summed E-state index contributed by atoms with van der Waals surface area (Å²) in [5.74, 6) is -0.270. The number of carbonyl (C=O) groups excluding carboxylic acids is 1. The Hall–Kier alpha value is -2.39. The van der Waals surface area contributed by atoms with Crippen molar-refractivity contribution in [2.45, 2.75) is 24.7 Å². The molecule has 1 fully saturated rings. The number of β-amino-alcohol motifs (C(OH)–C–C–N with tert-alkyl or cyclic N) is 1. The number of piperidine rings is 1. The molecule has 0 aromatic heterocycles. The number of carbonyl (C=O) groups is 1. The van der Waals surface area contributed by atoms with Crippen LogP contribution in [0.5, 0.6) is 5.75 Å². The Morgan fingerprint density at radius 2 is 2.17 bits per heavy atom. The quantitative estimate of drug-likeness (QED) is 0.681. The fraction of sp³-hybridized carbons (Fsp3) is 0.381. The molecule has 3 N–H and O–H groups in total. The van der Waals surface area contributed by atoms with E-state index in [1.54, 1.807) is 35.2 Å². The summed E-state index contributed by atoms with van der Waals surface area (Å²) in [6.07, 6.45) is -0.974. The normalized spacial score (nSPS) is 24.1. The molecule has 2 aromatic rings. The van der Waals surface area contributed by atoms with E-state index < -0.39 is 17.5 Å². The number of hydrogen-bond donors (Lipinski definition) is 3. The van der Waals surface area contributed by atoms with Gasteiger partial charge in [-0.05, 0) is 36.8 Å². The number of rotatable bonds is 4. The smallest absolute Gasteiger partial charge is 0.250 e. The zero-order chi connectivity index (χ0) is 21.3. The molecule has 2 heterocycles. The van der Waals surface area contributed by atoms with Crippen LogP contribution in [0.1, 0.15) is 12.0 Å². The molecule has 0 unspecified atom stereocenters. The zero-order valence-electron chi connectivity index (χ0n) is 16.1. The SMILES string of the molecule is O=C1COCc2c(cccc2OC[C@]2(O)CCN(c3ccc(Cl)cc3F)C[C@H]2O)N1. The summed E-state index contributed by atoms with van der Waals surface area (Å²) in [5.41, 5.74) is 0.0807. The molecule has 1 saturated heterocycles. The van der Waals surface area contributed by atoms with Gasteiger partial charge < -0.3 is 29.9 Å². The van der Waals surface area contributed by atoms with Gasteiger partial charge in [0.2, 0.25) is 5.91 Å². The van der Waals surface area contributed by atoms with Gasteiger partial charge in [-0.3, -0.25) is 4.79 Å². The van der Waals surface area contributed by atoms with Gasteiger partial charge >= 0.3 is 0 Å². The highest BCUT2D eigenvalue weighted by atomic mass is 35.5. The van der Waals surface area contributed by atoms with Crippen LogP contribution in [0.2, 0.25) is 5.02 Å². The summed E-state index contributed by atoms with van der Waals surface area (Å²) < 4.78 is 25.4. The fourth-order valence-corrected chi connectivity index (χ4v) is 3.85. The minimum absolute atomic E-state index is 0.0461. The zero-order valence-corrected chi connectivity index (χ0v) is 16.9. The van der Waals surface area contributed by atoms with Gasteiger partial charge in [0, 0.05) is 23.7 Å². The van der Waals surface area contributed by atoms with Crippen LogP contribution in [-0.4, -0.2) is 54.1 Å². The number of anilines is 2. The molecule has 0 bridgehead atoms. The Labute approximate surface area is 178 Å². The Morgan fingerprint density at radius 1 is 1.33 bits per heavy atom. The molecule has 160 valence electrons. The van der Waals surface area contributed by atoms with Gasteiger partial charge in [-0.15, -0.1) is 0 Å². The maximum Gasteiger partial charge on any atom is 0.250 e. The summed E-state index contributed by atoms with van der Waals surface area (Å²) in [7, 11) is 0. The van der Waals surface area contributed by atoms with E-state index in [-0.39, 0.29) is 38.7 Å². The second kappa shape index (κ2) is 8.39. The first-order valence-corrected chi connectivity index (χ1v) is 9.96. The maximum atomic E-state index is 14.2. The number of nitrogens with one attached hydrogen (secondary N) is 1. The maximum absolute atomic E-state index is 14.2. The molecule has 9 heteroatoms. The van der Waals surface area contributed by atoms with Crippen molar-refractivity contribution in [2.24, 2.45) is 0 Å².